The number of hydrogen-bond donors (Lipinski definition) is 0. The third-order valence-corrected chi connectivity index (χ3v) is 4.82. The van der Waals surface area contributed by atoms with Crippen molar-refractivity contribution in [2.24, 2.45) is 0 Å². The Morgan fingerprint density at radius 1 is 1.15 bits per heavy atom. The van der Waals surface area contributed by atoms with Gasteiger partial charge < -0.3 is 4.90 Å². The van der Waals surface area contributed by atoms with Crippen LogP contribution in [0.2, 0.25) is 0 Å². The van der Waals surface area contributed by atoms with Gasteiger partial charge in [0.25, 0.3) is 0 Å². The maximum absolute atomic E-state index is 12.8. The third kappa shape index (κ3) is 3.00. The molecule has 0 saturated carbocycles. The molecule has 0 aliphatic carbocycles. The fourth-order valence-electron chi connectivity index (χ4n) is 3.56. The van der Waals surface area contributed by atoms with Gasteiger partial charge in [0.15, 0.2) is 5.69 Å². The molecule has 1 aliphatic heterocycles. The van der Waals surface area contributed by atoms with Gasteiger partial charge in [0.2, 0.25) is 0 Å². The summed E-state index contributed by atoms with van der Waals surface area (Å²) in [7, 11) is 0. The van der Waals surface area contributed by atoms with E-state index in [0.29, 0.717) is 6.54 Å². The highest BCUT2D eigenvalue weighted by Crippen LogP contribution is 2.32. The lowest BCUT2D eigenvalue weighted by atomic mass is 10.0. The van der Waals surface area contributed by atoms with Gasteiger partial charge in [-0.2, -0.15) is 18.3 Å². The molecule has 8 heteroatoms. The summed E-state index contributed by atoms with van der Waals surface area (Å²) in [6.45, 7) is 3.39. The van der Waals surface area contributed by atoms with Crippen LogP contribution in [-0.2, 0) is 6.18 Å². The van der Waals surface area contributed by atoms with Crippen LogP contribution in [0.1, 0.15) is 30.1 Å². The van der Waals surface area contributed by atoms with Crippen LogP contribution >= 0.6 is 0 Å². The molecular weight excluding hydrogens is 343 g/mol. The molecule has 3 aromatic rings. The molecule has 1 unspecified atom stereocenters. The van der Waals surface area contributed by atoms with E-state index in [2.05, 4.69) is 20.0 Å². The molecule has 0 bridgehead atoms. The fraction of sp³-hybridized carbons (Fsp3) is 0.389. The van der Waals surface area contributed by atoms with Crippen molar-refractivity contribution in [3.05, 3.63) is 48.0 Å². The Morgan fingerprint density at radius 2 is 2.00 bits per heavy atom. The van der Waals surface area contributed by atoms with Crippen LogP contribution in [-0.4, -0.2) is 32.8 Å². The molecule has 0 amide bonds. The second kappa shape index (κ2) is 6.26. The molecule has 136 valence electrons. The van der Waals surface area contributed by atoms with Crippen LogP contribution in [0, 0.1) is 6.92 Å². The van der Waals surface area contributed by atoms with E-state index < -0.39 is 11.9 Å². The zero-order valence-corrected chi connectivity index (χ0v) is 14.2. The maximum atomic E-state index is 12.8. The normalized spacial score (nSPS) is 18.5. The summed E-state index contributed by atoms with van der Waals surface area (Å²) < 4.78 is 39.9. The van der Waals surface area contributed by atoms with E-state index in [0.717, 1.165) is 47.7 Å². The number of hydrogen-bond acceptors (Lipinski definition) is 4. The molecule has 2 aromatic heterocycles. The summed E-state index contributed by atoms with van der Waals surface area (Å²) in [5, 5.41) is 4.74. The summed E-state index contributed by atoms with van der Waals surface area (Å²) in [6.07, 6.45) is 0.191. The van der Waals surface area contributed by atoms with Crippen LogP contribution in [0.5, 0.6) is 0 Å². The Hall–Kier alpha value is -2.64. The highest BCUT2D eigenvalue weighted by atomic mass is 19.4. The van der Waals surface area contributed by atoms with E-state index in [1.807, 2.05) is 25.1 Å². The smallest absolute Gasteiger partial charge is 0.354 e. The molecule has 0 spiro atoms. The molecule has 0 N–H and O–H groups in total. The molecule has 4 rings (SSSR count). The van der Waals surface area contributed by atoms with E-state index in [1.165, 1.54) is 17.2 Å². The van der Waals surface area contributed by atoms with Crippen LogP contribution in [0.3, 0.4) is 0 Å². The molecular formula is C18H18F3N5. The molecule has 1 aliphatic rings. The van der Waals surface area contributed by atoms with Crippen LogP contribution in [0.25, 0.3) is 10.9 Å². The van der Waals surface area contributed by atoms with Gasteiger partial charge >= 0.3 is 6.18 Å². The molecule has 26 heavy (non-hydrogen) atoms. The zero-order chi connectivity index (χ0) is 18.3. The van der Waals surface area contributed by atoms with Gasteiger partial charge in [-0.25, -0.2) is 9.97 Å². The number of aromatic nitrogens is 4. The first-order valence-electron chi connectivity index (χ1n) is 8.51. The van der Waals surface area contributed by atoms with Gasteiger partial charge in [-0.05, 0) is 37.5 Å². The lowest BCUT2D eigenvalue weighted by Gasteiger charge is -2.34. The first-order valence-corrected chi connectivity index (χ1v) is 8.51. The van der Waals surface area contributed by atoms with E-state index in [-0.39, 0.29) is 6.04 Å². The van der Waals surface area contributed by atoms with E-state index in [4.69, 9.17) is 0 Å². The number of aryl methyl sites for hydroxylation is 1. The lowest BCUT2D eigenvalue weighted by Crippen LogP contribution is -2.37. The molecule has 3 heterocycles. The van der Waals surface area contributed by atoms with Gasteiger partial charge in [-0.15, -0.1) is 0 Å². The summed E-state index contributed by atoms with van der Waals surface area (Å²) >= 11 is 0. The molecule has 0 radical (unpaired) electrons. The summed E-state index contributed by atoms with van der Waals surface area (Å²) in [6, 6.07) is 6.82. The Kier molecular flexibility index (Phi) is 4.05. The van der Waals surface area contributed by atoms with Crippen molar-refractivity contribution in [2.45, 2.75) is 32.0 Å². The Labute approximate surface area is 148 Å². The van der Waals surface area contributed by atoms with Gasteiger partial charge in [0, 0.05) is 24.7 Å². The second-order valence-electron chi connectivity index (χ2n) is 6.59. The zero-order valence-electron chi connectivity index (χ0n) is 14.2. The van der Waals surface area contributed by atoms with Crippen LogP contribution < -0.4 is 4.90 Å². The van der Waals surface area contributed by atoms with E-state index in [1.54, 1.807) is 0 Å². The van der Waals surface area contributed by atoms with Crippen molar-refractivity contribution >= 4 is 16.7 Å². The molecule has 1 aromatic carbocycles. The van der Waals surface area contributed by atoms with Crippen LogP contribution in [0.15, 0.2) is 36.8 Å². The van der Waals surface area contributed by atoms with Crippen molar-refractivity contribution in [2.75, 3.05) is 18.0 Å². The quantitative estimate of drug-likeness (QED) is 0.692. The SMILES string of the molecule is Cc1cccc2ncnc(N3CCCC(n4ccc(C(F)(F)F)n4)C3)c12. The Balaban J connectivity index is 1.65. The Bertz CT molecular complexity index is 929. The number of benzene rings is 1. The topological polar surface area (TPSA) is 46.8 Å². The number of piperidine rings is 1. The fourth-order valence-corrected chi connectivity index (χ4v) is 3.56. The van der Waals surface area contributed by atoms with Gasteiger partial charge in [0.1, 0.15) is 12.1 Å². The van der Waals surface area contributed by atoms with Crippen LogP contribution in [0.4, 0.5) is 19.0 Å². The maximum Gasteiger partial charge on any atom is 0.435 e. The minimum atomic E-state index is -4.42. The number of nitrogens with zero attached hydrogens (tertiary/aromatic N) is 5. The van der Waals surface area contributed by atoms with Gasteiger partial charge in [-0.1, -0.05) is 12.1 Å². The number of rotatable bonds is 2. The number of alkyl halides is 3. The highest BCUT2D eigenvalue weighted by molar-refractivity contribution is 5.92. The highest BCUT2D eigenvalue weighted by Gasteiger charge is 2.34. The van der Waals surface area contributed by atoms with Crippen molar-refractivity contribution in [3.8, 4) is 0 Å². The lowest BCUT2D eigenvalue weighted by molar-refractivity contribution is -0.141. The molecule has 5 nitrogen and oxygen atoms in total. The monoisotopic (exact) mass is 361 g/mol. The number of halogens is 3. The van der Waals surface area contributed by atoms with Crippen molar-refractivity contribution in [1.82, 2.24) is 19.7 Å². The predicted molar refractivity (Wildman–Crippen MR) is 92.0 cm³/mol. The van der Waals surface area contributed by atoms with Gasteiger partial charge in [-0.3, -0.25) is 4.68 Å². The van der Waals surface area contributed by atoms with Crippen molar-refractivity contribution in [1.29, 1.82) is 0 Å². The van der Waals surface area contributed by atoms with E-state index >= 15 is 0 Å². The van der Waals surface area contributed by atoms with Crippen molar-refractivity contribution in [3.63, 3.8) is 0 Å². The molecule has 1 atom stereocenters. The minimum absolute atomic E-state index is 0.117. The number of fused-ring (bicyclic) bond motifs is 1. The van der Waals surface area contributed by atoms with Crippen molar-refractivity contribution < 1.29 is 13.2 Å². The number of anilines is 1. The third-order valence-electron chi connectivity index (χ3n) is 4.82. The summed E-state index contributed by atoms with van der Waals surface area (Å²) in [5.41, 5.74) is 1.10. The Morgan fingerprint density at radius 3 is 2.77 bits per heavy atom. The molecule has 1 fully saturated rings. The largest absolute Gasteiger partial charge is 0.435 e. The average molecular weight is 361 g/mol. The first-order chi connectivity index (χ1) is 12.4. The average Bonchev–Trinajstić information content (AvgIpc) is 3.12. The standard InChI is InChI=1S/C18H18F3N5/c1-12-4-2-6-14-16(12)17(23-11-22-14)25-8-3-5-13(10-25)26-9-7-15(24-26)18(19,20)21/h2,4,6-7,9,11,13H,3,5,8,10H2,1H3. The summed E-state index contributed by atoms with van der Waals surface area (Å²) in [4.78, 5) is 10.9. The van der Waals surface area contributed by atoms with Gasteiger partial charge in [0.05, 0.1) is 11.6 Å². The summed E-state index contributed by atoms with van der Waals surface area (Å²) in [5.74, 6) is 0.834. The first kappa shape index (κ1) is 16.8. The van der Waals surface area contributed by atoms with E-state index in [9.17, 15) is 13.2 Å². The minimum Gasteiger partial charge on any atom is -0.354 e. The second-order valence-corrected chi connectivity index (χ2v) is 6.59. The molecule has 1 saturated heterocycles. The predicted octanol–water partition coefficient (Wildman–Crippen LogP) is 4.00.